The molecule has 2 atom stereocenters. The van der Waals surface area contributed by atoms with Crippen molar-refractivity contribution >= 4 is 0 Å². The zero-order valence-corrected chi connectivity index (χ0v) is 13.1. The van der Waals surface area contributed by atoms with Crippen LogP contribution in [0.1, 0.15) is 70.5 Å². The molecule has 0 aliphatic heterocycles. The van der Waals surface area contributed by atoms with Crippen LogP contribution >= 0.6 is 0 Å². The number of hydrogen-bond acceptors (Lipinski definition) is 2. The van der Waals surface area contributed by atoms with Crippen LogP contribution in [0.3, 0.4) is 0 Å². The first-order valence-electron chi connectivity index (χ1n) is 8.14. The first kappa shape index (κ1) is 17.2. The Hall–Kier alpha value is -0.860. The van der Waals surface area contributed by atoms with Crippen LogP contribution in [0.2, 0.25) is 0 Å². The van der Waals surface area contributed by atoms with Gasteiger partial charge in [-0.2, -0.15) is 0 Å². The van der Waals surface area contributed by atoms with E-state index in [0.717, 1.165) is 25.0 Å². The van der Waals surface area contributed by atoms with Gasteiger partial charge in [0.25, 0.3) is 0 Å². The molecule has 1 N–H and O–H groups in total. The van der Waals surface area contributed by atoms with Crippen molar-refractivity contribution in [3.8, 4) is 0 Å². The summed E-state index contributed by atoms with van der Waals surface area (Å²) in [6.07, 6.45) is 7.83. The van der Waals surface area contributed by atoms with Crippen molar-refractivity contribution in [1.29, 1.82) is 0 Å². The molecular weight excluding hydrogens is 248 g/mol. The summed E-state index contributed by atoms with van der Waals surface area (Å²) in [7, 11) is 0. The van der Waals surface area contributed by atoms with Crippen LogP contribution in [0.15, 0.2) is 30.3 Å². The van der Waals surface area contributed by atoms with Crippen LogP contribution in [0, 0.1) is 0 Å². The quantitative estimate of drug-likeness (QED) is 0.585. The van der Waals surface area contributed by atoms with E-state index in [9.17, 15) is 5.11 Å². The maximum Gasteiger partial charge on any atom is 0.105 e. The van der Waals surface area contributed by atoms with Gasteiger partial charge < -0.3 is 9.84 Å². The zero-order chi connectivity index (χ0) is 14.6. The molecule has 0 radical (unpaired) electrons. The molecule has 0 fully saturated rings. The van der Waals surface area contributed by atoms with Gasteiger partial charge in [-0.15, -0.1) is 0 Å². The molecule has 2 heteroatoms. The molecule has 0 bridgehead atoms. The highest BCUT2D eigenvalue weighted by atomic mass is 16.5. The molecule has 0 saturated carbocycles. The molecule has 0 heterocycles. The van der Waals surface area contributed by atoms with Gasteiger partial charge in [-0.1, -0.05) is 76.3 Å². The van der Waals surface area contributed by atoms with Crippen molar-refractivity contribution in [3.63, 3.8) is 0 Å². The smallest absolute Gasteiger partial charge is 0.105 e. The largest absolute Gasteiger partial charge is 0.386 e. The fourth-order valence-electron chi connectivity index (χ4n) is 2.41. The molecular formula is C18H30O2. The van der Waals surface area contributed by atoms with Crippen molar-refractivity contribution in [2.45, 2.75) is 71.0 Å². The maximum absolute atomic E-state index is 10.3. The Labute approximate surface area is 124 Å². The lowest BCUT2D eigenvalue weighted by Gasteiger charge is -2.22. The predicted octanol–water partition coefficient (Wildman–Crippen LogP) is 4.88. The molecule has 20 heavy (non-hydrogen) atoms. The van der Waals surface area contributed by atoms with Gasteiger partial charge in [-0.3, -0.25) is 0 Å². The minimum Gasteiger partial charge on any atom is -0.386 e. The van der Waals surface area contributed by atoms with Gasteiger partial charge in [0.2, 0.25) is 0 Å². The van der Waals surface area contributed by atoms with E-state index in [0.29, 0.717) is 0 Å². The Kier molecular flexibility index (Phi) is 9.35. The molecule has 114 valence electrons. The van der Waals surface area contributed by atoms with Gasteiger partial charge in [0.15, 0.2) is 0 Å². The van der Waals surface area contributed by atoms with Crippen molar-refractivity contribution < 1.29 is 9.84 Å². The van der Waals surface area contributed by atoms with E-state index in [-0.39, 0.29) is 6.10 Å². The van der Waals surface area contributed by atoms with E-state index in [2.05, 4.69) is 13.8 Å². The summed E-state index contributed by atoms with van der Waals surface area (Å²) in [5, 5.41) is 10.3. The minimum absolute atomic E-state index is 0.0898. The molecule has 0 aromatic heterocycles. The second kappa shape index (κ2) is 10.9. The number of benzene rings is 1. The summed E-state index contributed by atoms with van der Waals surface area (Å²) >= 11 is 0. The molecule has 0 amide bonds. The summed E-state index contributed by atoms with van der Waals surface area (Å²) < 4.78 is 5.86. The Balaban J connectivity index is 2.22. The summed E-state index contributed by atoms with van der Waals surface area (Å²) in [5.41, 5.74) is 0.947. The van der Waals surface area contributed by atoms with E-state index in [1.807, 2.05) is 30.3 Å². The number of aliphatic hydroxyl groups is 1. The molecule has 0 spiro atoms. The van der Waals surface area contributed by atoms with Crippen molar-refractivity contribution in [1.82, 2.24) is 0 Å². The molecule has 0 saturated heterocycles. The first-order chi connectivity index (χ1) is 9.79. The number of hydrogen-bond donors (Lipinski definition) is 1. The predicted molar refractivity (Wildman–Crippen MR) is 84.8 cm³/mol. The second-order valence-corrected chi connectivity index (χ2v) is 5.44. The first-order valence-corrected chi connectivity index (χ1v) is 8.14. The van der Waals surface area contributed by atoms with Gasteiger partial charge in [0, 0.05) is 6.61 Å². The molecule has 0 aliphatic rings. The third kappa shape index (κ3) is 6.53. The van der Waals surface area contributed by atoms with Crippen LogP contribution in [0.25, 0.3) is 0 Å². The van der Waals surface area contributed by atoms with Crippen molar-refractivity contribution in [2.24, 2.45) is 0 Å². The highest BCUT2D eigenvalue weighted by Crippen LogP contribution is 2.21. The average molecular weight is 278 g/mol. The Morgan fingerprint density at radius 3 is 2.25 bits per heavy atom. The van der Waals surface area contributed by atoms with E-state index < -0.39 is 6.10 Å². The number of rotatable bonds is 11. The summed E-state index contributed by atoms with van der Waals surface area (Å²) in [6, 6.07) is 9.80. The topological polar surface area (TPSA) is 29.5 Å². The van der Waals surface area contributed by atoms with Crippen LogP contribution in [0.4, 0.5) is 0 Å². The average Bonchev–Trinajstić information content (AvgIpc) is 2.50. The third-order valence-electron chi connectivity index (χ3n) is 3.73. The Bertz CT molecular complexity index is 323. The molecule has 1 aromatic carbocycles. The Morgan fingerprint density at radius 2 is 1.60 bits per heavy atom. The van der Waals surface area contributed by atoms with Gasteiger partial charge >= 0.3 is 0 Å². The summed E-state index contributed by atoms with van der Waals surface area (Å²) in [6.45, 7) is 5.06. The van der Waals surface area contributed by atoms with E-state index in [1.165, 1.54) is 32.1 Å². The molecule has 2 nitrogen and oxygen atoms in total. The van der Waals surface area contributed by atoms with Crippen molar-refractivity contribution in [3.05, 3.63) is 35.9 Å². The van der Waals surface area contributed by atoms with Crippen LogP contribution in [-0.2, 0) is 4.74 Å². The fraction of sp³-hybridized carbons (Fsp3) is 0.667. The highest BCUT2D eigenvalue weighted by Gasteiger charge is 2.19. The maximum atomic E-state index is 10.3. The number of unbranched alkanes of at least 4 members (excludes halogenated alkanes) is 5. The summed E-state index contributed by atoms with van der Waals surface area (Å²) in [4.78, 5) is 0. The lowest BCUT2D eigenvalue weighted by molar-refractivity contribution is -0.0416. The lowest BCUT2D eigenvalue weighted by Crippen LogP contribution is -2.22. The van der Waals surface area contributed by atoms with E-state index in [1.54, 1.807) is 0 Å². The lowest BCUT2D eigenvalue weighted by atomic mass is 10.0. The van der Waals surface area contributed by atoms with Gasteiger partial charge in [0.1, 0.15) is 6.10 Å². The van der Waals surface area contributed by atoms with Gasteiger partial charge in [-0.05, 0) is 18.4 Å². The van der Waals surface area contributed by atoms with Crippen LogP contribution in [-0.4, -0.2) is 17.8 Å². The van der Waals surface area contributed by atoms with Crippen molar-refractivity contribution in [2.75, 3.05) is 6.61 Å². The third-order valence-corrected chi connectivity index (χ3v) is 3.73. The highest BCUT2D eigenvalue weighted by molar-refractivity contribution is 5.18. The Morgan fingerprint density at radius 1 is 0.950 bits per heavy atom. The summed E-state index contributed by atoms with van der Waals surface area (Å²) in [5.74, 6) is 0. The van der Waals surface area contributed by atoms with Gasteiger partial charge in [0.05, 0.1) is 6.10 Å². The monoisotopic (exact) mass is 278 g/mol. The SMILES string of the molecule is CCCCCCCCOC(CC)C(O)c1ccccc1. The van der Waals surface area contributed by atoms with Crippen LogP contribution in [0.5, 0.6) is 0 Å². The van der Waals surface area contributed by atoms with Gasteiger partial charge in [-0.25, -0.2) is 0 Å². The second-order valence-electron chi connectivity index (χ2n) is 5.44. The molecule has 2 unspecified atom stereocenters. The van der Waals surface area contributed by atoms with Crippen LogP contribution < -0.4 is 0 Å². The van der Waals surface area contributed by atoms with E-state index in [4.69, 9.17) is 4.74 Å². The number of ether oxygens (including phenoxy) is 1. The molecule has 0 aliphatic carbocycles. The normalized spacial score (nSPS) is 14.2. The minimum atomic E-state index is -0.513. The standard InChI is InChI=1S/C18H30O2/c1-3-5-6-7-8-12-15-20-17(4-2)18(19)16-13-10-9-11-14-16/h9-11,13-14,17-19H,3-8,12,15H2,1-2H3. The zero-order valence-electron chi connectivity index (χ0n) is 13.1. The molecule has 1 rings (SSSR count). The number of aliphatic hydroxyl groups excluding tert-OH is 1. The van der Waals surface area contributed by atoms with E-state index >= 15 is 0 Å². The molecule has 1 aromatic rings. The fourth-order valence-corrected chi connectivity index (χ4v) is 2.41.